The monoisotopic (exact) mass is 430 g/mol. The summed E-state index contributed by atoms with van der Waals surface area (Å²) in [4.78, 5) is 17.9. The van der Waals surface area contributed by atoms with Crippen LogP contribution in [0.2, 0.25) is 0 Å². The van der Waals surface area contributed by atoms with Gasteiger partial charge in [-0.3, -0.25) is 4.79 Å². The Balaban J connectivity index is 1.62. The molecule has 1 N–H and O–H groups in total. The normalized spacial score (nSPS) is 10.7. The maximum absolute atomic E-state index is 13.3. The van der Waals surface area contributed by atoms with E-state index in [0.29, 0.717) is 22.3 Å². The SMILES string of the molecule is COc1ccc(OC)c(-c2csc(NC(=O)C(c3ccccc3)c3ccccc3)n2)c1. The lowest BCUT2D eigenvalue weighted by Crippen LogP contribution is -2.22. The molecule has 5 nitrogen and oxygen atoms in total. The molecule has 0 spiro atoms. The first-order valence-corrected chi connectivity index (χ1v) is 10.7. The molecule has 4 rings (SSSR count). The molecule has 0 aliphatic carbocycles. The molecule has 0 radical (unpaired) electrons. The van der Waals surface area contributed by atoms with Crippen LogP contribution in [-0.2, 0) is 4.79 Å². The summed E-state index contributed by atoms with van der Waals surface area (Å²) < 4.78 is 10.8. The Morgan fingerprint density at radius 3 is 2.13 bits per heavy atom. The van der Waals surface area contributed by atoms with Gasteiger partial charge in [0.25, 0.3) is 0 Å². The summed E-state index contributed by atoms with van der Waals surface area (Å²) in [6.07, 6.45) is 0. The Labute approximate surface area is 185 Å². The van der Waals surface area contributed by atoms with E-state index in [4.69, 9.17) is 9.47 Å². The second-order valence-corrected chi connectivity index (χ2v) is 7.71. The first kappa shape index (κ1) is 20.6. The van der Waals surface area contributed by atoms with Gasteiger partial charge in [0.1, 0.15) is 11.5 Å². The van der Waals surface area contributed by atoms with E-state index in [9.17, 15) is 4.79 Å². The van der Waals surface area contributed by atoms with Gasteiger partial charge in [-0.05, 0) is 29.3 Å². The van der Waals surface area contributed by atoms with Crippen LogP contribution < -0.4 is 14.8 Å². The van der Waals surface area contributed by atoms with Crippen LogP contribution in [0.5, 0.6) is 11.5 Å². The molecule has 156 valence electrons. The predicted octanol–water partition coefficient (Wildman–Crippen LogP) is 5.60. The summed E-state index contributed by atoms with van der Waals surface area (Å²) in [5, 5.41) is 5.42. The molecule has 0 aliphatic heterocycles. The molecule has 0 fully saturated rings. The van der Waals surface area contributed by atoms with Gasteiger partial charge in [-0.25, -0.2) is 4.98 Å². The lowest BCUT2D eigenvalue weighted by Gasteiger charge is -2.17. The molecule has 0 saturated carbocycles. The van der Waals surface area contributed by atoms with Crippen molar-refractivity contribution in [1.29, 1.82) is 0 Å². The average Bonchev–Trinajstić information content (AvgIpc) is 3.28. The lowest BCUT2D eigenvalue weighted by molar-refractivity contribution is -0.116. The van der Waals surface area contributed by atoms with Gasteiger partial charge in [-0.15, -0.1) is 11.3 Å². The average molecular weight is 431 g/mol. The Morgan fingerprint density at radius 1 is 0.903 bits per heavy atom. The molecule has 3 aromatic carbocycles. The fourth-order valence-corrected chi connectivity index (χ4v) is 4.15. The quantitative estimate of drug-likeness (QED) is 0.415. The van der Waals surface area contributed by atoms with Gasteiger partial charge in [0.15, 0.2) is 5.13 Å². The number of methoxy groups -OCH3 is 2. The van der Waals surface area contributed by atoms with Crippen molar-refractivity contribution in [2.75, 3.05) is 19.5 Å². The van der Waals surface area contributed by atoms with Crippen LogP contribution in [0.25, 0.3) is 11.3 Å². The fraction of sp³-hybridized carbons (Fsp3) is 0.120. The second kappa shape index (κ2) is 9.45. The summed E-state index contributed by atoms with van der Waals surface area (Å²) in [6, 6.07) is 25.0. The van der Waals surface area contributed by atoms with Crippen molar-refractivity contribution in [3.63, 3.8) is 0 Å². The van der Waals surface area contributed by atoms with E-state index in [1.165, 1.54) is 11.3 Å². The van der Waals surface area contributed by atoms with Gasteiger partial charge in [0.05, 0.1) is 25.8 Å². The number of thiazole rings is 1. The summed E-state index contributed by atoms with van der Waals surface area (Å²) >= 11 is 1.37. The fourth-order valence-electron chi connectivity index (χ4n) is 3.43. The number of hydrogen-bond donors (Lipinski definition) is 1. The van der Waals surface area contributed by atoms with Crippen LogP contribution in [0, 0.1) is 0 Å². The Hall–Kier alpha value is -3.64. The minimum Gasteiger partial charge on any atom is -0.497 e. The zero-order valence-corrected chi connectivity index (χ0v) is 18.1. The minimum atomic E-state index is -0.430. The van der Waals surface area contributed by atoms with Crippen LogP contribution >= 0.6 is 11.3 Å². The van der Waals surface area contributed by atoms with Gasteiger partial charge < -0.3 is 14.8 Å². The molecular formula is C25H22N2O3S. The van der Waals surface area contributed by atoms with Crippen molar-refractivity contribution in [2.45, 2.75) is 5.92 Å². The molecule has 0 unspecified atom stereocenters. The number of nitrogens with one attached hydrogen (secondary N) is 1. The van der Waals surface area contributed by atoms with Crippen LogP contribution in [-0.4, -0.2) is 25.1 Å². The van der Waals surface area contributed by atoms with Crippen molar-refractivity contribution in [1.82, 2.24) is 4.98 Å². The highest BCUT2D eigenvalue weighted by atomic mass is 32.1. The van der Waals surface area contributed by atoms with Crippen LogP contribution in [0.15, 0.2) is 84.2 Å². The van der Waals surface area contributed by atoms with Gasteiger partial charge >= 0.3 is 0 Å². The molecule has 1 aromatic heterocycles. The third-order valence-corrected chi connectivity index (χ3v) is 5.70. The summed E-state index contributed by atoms with van der Waals surface area (Å²) in [5.74, 6) is 0.843. The highest BCUT2D eigenvalue weighted by molar-refractivity contribution is 7.14. The maximum atomic E-state index is 13.3. The van der Waals surface area contributed by atoms with Crippen LogP contribution in [0.3, 0.4) is 0 Å². The molecular weight excluding hydrogens is 408 g/mol. The Kier molecular flexibility index (Phi) is 6.29. The number of carbonyl (C=O) groups excluding carboxylic acids is 1. The number of amides is 1. The van der Waals surface area contributed by atoms with E-state index in [1.54, 1.807) is 14.2 Å². The molecule has 0 saturated heterocycles. The second-order valence-electron chi connectivity index (χ2n) is 6.85. The zero-order chi connectivity index (χ0) is 21.6. The molecule has 1 heterocycles. The van der Waals surface area contributed by atoms with Crippen LogP contribution in [0.4, 0.5) is 5.13 Å². The van der Waals surface area contributed by atoms with Gasteiger partial charge in [0.2, 0.25) is 5.91 Å². The van der Waals surface area contributed by atoms with Crippen molar-refractivity contribution in [2.24, 2.45) is 0 Å². The van der Waals surface area contributed by atoms with E-state index in [-0.39, 0.29) is 5.91 Å². The standard InChI is InChI=1S/C25H22N2O3S/c1-29-19-13-14-22(30-2)20(15-19)21-16-31-25(26-21)27-24(28)23(17-9-5-3-6-10-17)18-11-7-4-8-12-18/h3-16,23H,1-2H3,(H,26,27,28). The lowest BCUT2D eigenvalue weighted by atomic mass is 9.90. The molecule has 0 aliphatic rings. The summed E-state index contributed by atoms with van der Waals surface area (Å²) in [7, 11) is 3.23. The number of anilines is 1. The van der Waals surface area contributed by atoms with Crippen molar-refractivity contribution < 1.29 is 14.3 Å². The molecule has 4 aromatic rings. The number of benzene rings is 3. The molecule has 6 heteroatoms. The number of ether oxygens (including phenoxy) is 2. The van der Waals surface area contributed by atoms with E-state index >= 15 is 0 Å². The van der Waals surface area contributed by atoms with Crippen LogP contribution in [0.1, 0.15) is 17.0 Å². The third kappa shape index (κ3) is 4.59. The zero-order valence-electron chi connectivity index (χ0n) is 17.2. The number of carbonyl (C=O) groups is 1. The maximum Gasteiger partial charge on any atom is 0.238 e. The molecule has 31 heavy (non-hydrogen) atoms. The van der Waals surface area contributed by atoms with Gasteiger partial charge in [0, 0.05) is 10.9 Å². The van der Waals surface area contributed by atoms with Crippen molar-refractivity contribution in [3.8, 4) is 22.8 Å². The predicted molar refractivity (Wildman–Crippen MR) is 124 cm³/mol. The highest BCUT2D eigenvalue weighted by Crippen LogP contribution is 2.35. The third-order valence-electron chi connectivity index (χ3n) is 4.94. The van der Waals surface area contributed by atoms with E-state index in [2.05, 4.69) is 10.3 Å². The number of aromatic nitrogens is 1. The molecule has 0 atom stereocenters. The molecule has 1 amide bonds. The van der Waals surface area contributed by atoms with E-state index in [0.717, 1.165) is 16.7 Å². The number of hydrogen-bond acceptors (Lipinski definition) is 5. The van der Waals surface area contributed by atoms with E-state index < -0.39 is 5.92 Å². The number of nitrogens with zero attached hydrogens (tertiary/aromatic N) is 1. The number of rotatable bonds is 7. The summed E-state index contributed by atoms with van der Waals surface area (Å²) in [5.41, 5.74) is 3.38. The minimum absolute atomic E-state index is 0.129. The first-order chi connectivity index (χ1) is 15.2. The smallest absolute Gasteiger partial charge is 0.238 e. The van der Waals surface area contributed by atoms with E-state index in [1.807, 2.05) is 84.2 Å². The first-order valence-electron chi connectivity index (χ1n) is 9.78. The van der Waals surface area contributed by atoms with Crippen molar-refractivity contribution >= 4 is 22.4 Å². The molecule has 0 bridgehead atoms. The topological polar surface area (TPSA) is 60.5 Å². The summed E-state index contributed by atoms with van der Waals surface area (Å²) in [6.45, 7) is 0. The Bertz CT molecular complexity index is 1120. The highest BCUT2D eigenvalue weighted by Gasteiger charge is 2.23. The Morgan fingerprint density at radius 2 is 1.55 bits per heavy atom. The largest absolute Gasteiger partial charge is 0.497 e. The van der Waals surface area contributed by atoms with Gasteiger partial charge in [-0.2, -0.15) is 0 Å². The van der Waals surface area contributed by atoms with Crippen molar-refractivity contribution in [3.05, 3.63) is 95.4 Å². The van der Waals surface area contributed by atoms with Gasteiger partial charge in [-0.1, -0.05) is 60.7 Å².